The number of alkyl halides is 2. The Morgan fingerprint density at radius 2 is 1.23 bits per heavy atom. The van der Waals surface area contributed by atoms with Gasteiger partial charge in [0, 0.05) is 38.4 Å². The van der Waals surface area contributed by atoms with E-state index < -0.39 is 4.84 Å². The number of benzene rings is 5. The minimum Gasteiger partial charge on any atom is -0.398 e. The molecule has 0 heterocycles. The minimum atomic E-state index is -0.826. The van der Waals surface area contributed by atoms with Gasteiger partial charge >= 0.3 is 0 Å². The van der Waals surface area contributed by atoms with Crippen LogP contribution < -0.4 is 27.2 Å². The summed E-state index contributed by atoms with van der Waals surface area (Å²) < 4.78 is 0. The van der Waals surface area contributed by atoms with Crippen molar-refractivity contribution in [2.75, 3.05) is 5.73 Å². The summed E-state index contributed by atoms with van der Waals surface area (Å²) in [5.74, 6) is 0. The summed E-state index contributed by atoms with van der Waals surface area (Å²) in [5, 5.41) is 35.9. The van der Waals surface area contributed by atoms with Crippen molar-refractivity contribution >= 4 is 50.4 Å². The summed E-state index contributed by atoms with van der Waals surface area (Å²) in [4.78, 5) is -0.826. The Morgan fingerprint density at radius 1 is 0.743 bits per heavy atom. The van der Waals surface area contributed by atoms with Crippen LogP contribution >= 0.6 is 23.2 Å². The van der Waals surface area contributed by atoms with Gasteiger partial charge in [0.05, 0.1) is 21.4 Å². The molecule has 0 spiro atoms. The molecule has 2 aliphatic rings. The van der Waals surface area contributed by atoms with Gasteiger partial charge in [-0.1, -0.05) is 61.9 Å². The van der Waals surface area contributed by atoms with E-state index in [2.05, 4.69) is 32.9 Å². The monoisotopic (exact) mass is 503 g/mol. The molecule has 35 heavy (non-hydrogen) atoms. The van der Waals surface area contributed by atoms with Crippen molar-refractivity contribution in [1.29, 1.82) is 21.6 Å². The summed E-state index contributed by atoms with van der Waals surface area (Å²) in [6.45, 7) is 6.41. The number of aryl methyl sites for hydroxylation is 3. The fourth-order valence-corrected chi connectivity index (χ4v) is 5.21. The van der Waals surface area contributed by atoms with Crippen molar-refractivity contribution in [1.82, 2.24) is 0 Å². The van der Waals surface area contributed by atoms with Crippen LogP contribution in [0.15, 0.2) is 42.5 Å². The predicted octanol–water partition coefficient (Wildman–Crippen LogP) is 5.51. The highest BCUT2D eigenvalue weighted by atomic mass is 35.5. The molecule has 2 aliphatic carbocycles. The lowest BCUT2D eigenvalue weighted by Crippen LogP contribution is -2.32. The highest BCUT2D eigenvalue weighted by molar-refractivity contribution is 6.44. The lowest BCUT2D eigenvalue weighted by Gasteiger charge is -2.19. The smallest absolute Gasteiger partial charge is 0.133 e. The Hall–Kier alpha value is -3.28. The third kappa shape index (κ3) is 3.99. The summed E-state index contributed by atoms with van der Waals surface area (Å²) in [7, 11) is 0. The molecule has 0 unspecified atom stereocenters. The third-order valence-electron chi connectivity index (χ3n) is 6.60. The molecule has 7 heteroatoms. The molecule has 178 valence electrons. The lowest BCUT2D eigenvalue weighted by atomic mass is 9.85. The predicted molar refractivity (Wildman–Crippen MR) is 144 cm³/mol. The first-order valence-electron chi connectivity index (χ1n) is 11.4. The molecule has 0 bridgehead atoms. The maximum Gasteiger partial charge on any atom is 0.133 e. The van der Waals surface area contributed by atoms with Crippen LogP contribution in [0.1, 0.15) is 40.9 Å². The van der Waals surface area contributed by atoms with Crippen molar-refractivity contribution in [2.24, 2.45) is 0 Å². The molecule has 0 amide bonds. The SMILES string of the molecule is CCc1cc(C)cc(CC)c1N.N=c1c(=N)c2ccc(C(Cl)Cl)c3c2-c2c1cccc2c(=N)c3=N. The highest BCUT2D eigenvalue weighted by Gasteiger charge is 2.23. The molecule has 0 aromatic heterocycles. The molecule has 3 aromatic rings. The van der Waals surface area contributed by atoms with Gasteiger partial charge in [-0.05, 0) is 36.5 Å². The lowest BCUT2D eigenvalue weighted by molar-refractivity contribution is 1.08. The second kappa shape index (κ2) is 9.40. The van der Waals surface area contributed by atoms with Crippen molar-refractivity contribution < 1.29 is 0 Å². The molecule has 0 fully saturated rings. The first-order chi connectivity index (χ1) is 16.6. The van der Waals surface area contributed by atoms with E-state index in [-0.39, 0.29) is 21.4 Å². The summed E-state index contributed by atoms with van der Waals surface area (Å²) in [6, 6.07) is 13.1. The van der Waals surface area contributed by atoms with Crippen LogP contribution in [0.3, 0.4) is 0 Å². The molecule has 0 radical (unpaired) electrons. The highest BCUT2D eigenvalue weighted by Crippen LogP contribution is 2.39. The van der Waals surface area contributed by atoms with E-state index in [0.29, 0.717) is 32.7 Å². The van der Waals surface area contributed by atoms with Crippen LogP contribution in [0.4, 0.5) is 5.69 Å². The summed E-state index contributed by atoms with van der Waals surface area (Å²) in [6.07, 6.45) is 2.06. The van der Waals surface area contributed by atoms with Gasteiger partial charge in [-0.25, -0.2) is 0 Å². The minimum absolute atomic E-state index is 0.0500. The van der Waals surface area contributed by atoms with E-state index in [1.807, 2.05) is 0 Å². The van der Waals surface area contributed by atoms with E-state index in [1.165, 1.54) is 16.7 Å². The summed E-state index contributed by atoms with van der Waals surface area (Å²) >= 11 is 12.1. The van der Waals surface area contributed by atoms with Crippen molar-refractivity contribution in [2.45, 2.75) is 38.4 Å². The Morgan fingerprint density at radius 3 is 1.71 bits per heavy atom. The zero-order valence-corrected chi connectivity index (χ0v) is 21.4. The summed E-state index contributed by atoms with van der Waals surface area (Å²) in [5.41, 5.74) is 12.8. The fourth-order valence-electron chi connectivity index (χ4n) is 4.84. The van der Waals surface area contributed by atoms with Crippen molar-refractivity contribution in [3.05, 3.63) is 86.1 Å². The molecule has 3 aromatic carbocycles. The molecule has 6 N–H and O–H groups in total. The Kier molecular flexibility index (Phi) is 6.67. The van der Waals surface area contributed by atoms with Crippen molar-refractivity contribution in [3.8, 4) is 11.1 Å². The zero-order valence-electron chi connectivity index (χ0n) is 19.9. The second-order valence-electron chi connectivity index (χ2n) is 8.69. The van der Waals surface area contributed by atoms with Crippen LogP contribution in [0, 0.1) is 28.6 Å². The maximum atomic E-state index is 8.38. The third-order valence-corrected chi connectivity index (χ3v) is 7.07. The van der Waals surface area contributed by atoms with Gasteiger partial charge in [0.15, 0.2) is 0 Å². The van der Waals surface area contributed by atoms with Gasteiger partial charge in [-0.2, -0.15) is 0 Å². The molecule has 5 rings (SSSR count). The molecule has 0 saturated carbocycles. The van der Waals surface area contributed by atoms with Crippen LogP contribution in [0.5, 0.6) is 0 Å². The zero-order chi connectivity index (χ0) is 25.6. The van der Waals surface area contributed by atoms with E-state index in [1.54, 1.807) is 30.3 Å². The van der Waals surface area contributed by atoms with E-state index in [4.69, 9.17) is 50.6 Å². The standard InChI is InChI=1S/C17H10Cl2N4.C11H17N/c18-17(19)9-5-4-8-11-10-6(13(20)14(8)21)2-1-3-7(10)15(22)16(23)12(9)11;1-4-9-6-8(3)7-10(5-2)11(9)12/h1-5,17,20-23H;6-7H,4-5,12H2,1-3H3. The normalized spacial score (nSPS) is 11.5. The van der Waals surface area contributed by atoms with Gasteiger partial charge < -0.3 is 5.73 Å². The number of nitrogen functional groups attached to an aromatic ring is 1. The quantitative estimate of drug-likeness (QED) is 0.124. The Balaban J connectivity index is 0.000000204. The van der Waals surface area contributed by atoms with Gasteiger partial charge in [-0.15, -0.1) is 23.2 Å². The van der Waals surface area contributed by atoms with Gasteiger partial charge in [0.2, 0.25) is 0 Å². The number of hydrogen-bond acceptors (Lipinski definition) is 5. The number of hydrogen-bond donors (Lipinski definition) is 5. The molecule has 0 saturated heterocycles. The number of anilines is 1. The van der Waals surface area contributed by atoms with E-state index in [9.17, 15) is 0 Å². The van der Waals surface area contributed by atoms with E-state index in [0.717, 1.165) is 24.1 Å². The Labute approximate surface area is 213 Å². The topological polar surface area (TPSA) is 121 Å². The van der Waals surface area contributed by atoms with Crippen LogP contribution in [-0.4, -0.2) is 0 Å². The van der Waals surface area contributed by atoms with Gasteiger partial charge in [-0.3, -0.25) is 21.6 Å². The van der Waals surface area contributed by atoms with E-state index >= 15 is 0 Å². The van der Waals surface area contributed by atoms with Crippen LogP contribution in [-0.2, 0) is 12.8 Å². The Bertz CT molecular complexity index is 1720. The molecular weight excluding hydrogens is 477 g/mol. The average Bonchev–Trinajstić information content (AvgIpc) is 2.85. The maximum absolute atomic E-state index is 8.38. The largest absolute Gasteiger partial charge is 0.398 e. The number of halogens is 2. The molecule has 5 nitrogen and oxygen atoms in total. The van der Waals surface area contributed by atoms with Crippen LogP contribution in [0.2, 0.25) is 0 Å². The first-order valence-corrected chi connectivity index (χ1v) is 12.3. The average molecular weight is 504 g/mol. The molecule has 0 aliphatic heterocycles. The van der Waals surface area contributed by atoms with Crippen molar-refractivity contribution in [3.63, 3.8) is 0 Å². The molecule has 0 atom stereocenters. The first kappa shape index (κ1) is 24.8. The fraction of sp³-hybridized carbons (Fsp3) is 0.214. The van der Waals surface area contributed by atoms with Gasteiger partial charge in [0.25, 0.3) is 0 Å². The van der Waals surface area contributed by atoms with Crippen LogP contribution in [0.25, 0.3) is 32.7 Å². The number of nitrogens with two attached hydrogens (primary N) is 1. The van der Waals surface area contributed by atoms with Gasteiger partial charge in [0.1, 0.15) is 4.84 Å². The molecular formula is C28H27Cl2N5. The number of nitrogens with one attached hydrogen (secondary N) is 4. The second-order valence-corrected chi connectivity index (χ2v) is 9.78. The number of rotatable bonds is 3.